The highest BCUT2D eigenvalue weighted by Gasteiger charge is 2.35. The van der Waals surface area contributed by atoms with Crippen molar-refractivity contribution in [3.63, 3.8) is 0 Å². The van der Waals surface area contributed by atoms with E-state index in [2.05, 4.69) is 5.32 Å². The van der Waals surface area contributed by atoms with E-state index in [1.165, 1.54) is 0 Å². The third kappa shape index (κ3) is 3.78. The van der Waals surface area contributed by atoms with Crippen molar-refractivity contribution in [1.82, 2.24) is 10.2 Å². The number of nitrogens with one attached hydrogen (secondary N) is 1. The second-order valence-electron chi connectivity index (χ2n) is 5.89. The van der Waals surface area contributed by atoms with Crippen LogP contribution in [0.4, 0.5) is 0 Å². The van der Waals surface area contributed by atoms with Gasteiger partial charge in [-0.15, -0.1) is 0 Å². The Bertz CT molecular complexity index is 542. The van der Waals surface area contributed by atoms with Gasteiger partial charge in [0.05, 0.1) is 13.0 Å². The fourth-order valence-electron chi connectivity index (χ4n) is 2.78. The number of rotatable bonds is 6. The lowest BCUT2D eigenvalue weighted by molar-refractivity contribution is -0.129. The number of likely N-dealkylation sites (tertiary alicyclic amines) is 1. The lowest BCUT2D eigenvalue weighted by Gasteiger charge is -2.20. The summed E-state index contributed by atoms with van der Waals surface area (Å²) in [4.78, 5) is 25.8. The number of hydrogen-bond acceptors (Lipinski definition) is 3. The van der Waals surface area contributed by atoms with Crippen molar-refractivity contribution in [2.24, 2.45) is 5.92 Å². The molecule has 1 fully saturated rings. The summed E-state index contributed by atoms with van der Waals surface area (Å²) in [6.45, 7) is 5.02. The fraction of sp³-hybridized carbons (Fsp3) is 0.529. The molecule has 1 atom stereocenters. The van der Waals surface area contributed by atoms with E-state index in [-0.39, 0.29) is 23.8 Å². The lowest BCUT2D eigenvalue weighted by Crippen LogP contribution is -2.36. The van der Waals surface area contributed by atoms with Gasteiger partial charge in [0.2, 0.25) is 11.8 Å². The number of carbonyl (C=O) groups is 2. The van der Waals surface area contributed by atoms with Crippen molar-refractivity contribution in [1.29, 1.82) is 0 Å². The molecule has 0 unspecified atom stereocenters. The van der Waals surface area contributed by atoms with Crippen molar-refractivity contribution in [3.8, 4) is 5.75 Å². The molecule has 0 bridgehead atoms. The van der Waals surface area contributed by atoms with Crippen molar-refractivity contribution in [2.45, 2.75) is 32.7 Å². The molecule has 1 aromatic carbocycles. The molecule has 0 spiro atoms. The van der Waals surface area contributed by atoms with Gasteiger partial charge in [-0.2, -0.15) is 0 Å². The molecule has 0 aromatic heterocycles. The van der Waals surface area contributed by atoms with Crippen LogP contribution in [0.2, 0.25) is 0 Å². The van der Waals surface area contributed by atoms with Crippen LogP contribution in [-0.2, 0) is 16.0 Å². The van der Waals surface area contributed by atoms with Crippen LogP contribution < -0.4 is 10.1 Å². The van der Waals surface area contributed by atoms with Crippen LogP contribution in [-0.4, -0.2) is 43.0 Å². The Balaban J connectivity index is 1.82. The fourth-order valence-corrected chi connectivity index (χ4v) is 2.78. The van der Waals surface area contributed by atoms with Gasteiger partial charge in [0.25, 0.3) is 0 Å². The Morgan fingerprint density at radius 2 is 2.14 bits per heavy atom. The highest BCUT2D eigenvalue weighted by molar-refractivity contribution is 5.89. The number of hydrogen-bond donors (Lipinski definition) is 1. The Morgan fingerprint density at radius 3 is 2.77 bits per heavy atom. The minimum atomic E-state index is -0.229. The van der Waals surface area contributed by atoms with Gasteiger partial charge < -0.3 is 15.0 Å². The number of amides is 2. The van der Waals surface area contributed by atoms with E-state index < -0.39 is 0 Å². The number of nitrogens with zero attached hydrogens (tertiary/aromatic N) is 1. The molecule has 120 valence electrons. The molecule has 1 heterocycles. The predicted octanol–water partition coefficient (Wildman–Crippen LogP) is 1.61. The Morgan fingerprint density at radius 1 is 1.41 bits per heavy atom. The maximum Gasteiger partial charge on any atom is 0.225 e. The standard InChI is InChI=1S/C17H24N2O3/c1-12(2)19-11-14(10-16(19)20)17(21)18-9-8-13-6-4-5-7-15(13)22-3/h4-7,12,14H,8-11H2,1-3H3,(H,18,21)/t14-/m1/s1. The molecule has 0 radical (unpaired) electrons. The predicted molar refractivity (Wildman–Crippen MR) is 84.7 cm³/mol. The first-order valence-corrected chi connectivity index (χ1v) is 7.72. The number of benzene rings is 1. The van der Waals surface area contributed by atoms with Crippen molar-refractivity contribution in [3.05, 3.63) is 29.8 Å². The van der Waals surface area contributed by atoms with Crippen LogP contribution in [0.1, 0.15) is 25.8 Å². The molecule has 2 amide bonds. The number of methoxy groups -OCH3 is 1. The first-order valence-electron chi connectivity index (χ1n) is 7.72. The van der Waals surface area contributed by atoms with Crippen LogP contribution in [0.25, 0.3) is 0 Å². The zero-order chi connectivity index (χ0) is 16.1. The highest BCUT2D eigenvalue weighted by atomic mass is 16.5. The Labute approximate surface area is 131 Å². The van der Waals surface area contributed by atoms with E-state index in [1.54, 1.807) is 12.0 Å². The minimum Gasteiger partial charge on any atom is -0.496 e. The van der Waals surface area contributed by atoms with E-state index in [4.69, 9.17) is 4.74 Å². The van der Waals surface area contributed by atoms with Crippen LogP contribution in [0.15, 0.2) is 24.3 Å². The summed E-state index contributed by atoms with van der Waals surface area (Å²) in [6.07, 6.45) is 1.03. The van der Waals surface area contributed by atoms with Crippen molar-refractivity contribution >= 4 is 11.8 Å². The summed E-state index contributed by atoms with van der Waals surface area (Å²) in [5.74, 6) is 0.637. The Hall–Kier alpha value is -2.04. The first-order chi connectivity index (χ1) is 10.5. The molecule has 1 saturated heterocycles. The number of para-hydroxylation sites is 1. The van der Waals surface area contributed by atoms with Crippen LogP contribution in [0.5, 0.6) is 5.75 Å². The molecule has 5 nitrogen and oxygen atoms in total. The quantitative estimate of drug-likeness (QED) is 0.868. The van der Waals surface area contributed by atoms with Gasteiger partial charge in [-0.25, -0.2) is 0 Å². The zero-order valence-electron chi connectivity index (χ0n) is 13.5. The molecule has 1 aliphatic heterocycles. The van der Waals surface area contributed by atoms with Gasteiger partial charge in [0.15, 0.2) is 0 Å². The normalized spacial score (nSPS) is 17.9. The third-order valence-electron chi connectivity index (χ3n) is 4.04. The molecular formula is C17H24N2O3. The van der Waals surface area contributed by atoms with Gasteiger partial charge in [0.1, 0.15) is 5.75 Å². The first kappa shape index (κ1) is 16.3. The highest BCUT2D eigenvalue weighted by Crippen LogP contribution is 2.20. The molecule has 1 aromatic rings. The minimum absolute atomic E-state index is 0.0357. The van der Waals surface area contributed by atoms with E-state index in [0.717, 1.165) is 11.3 Å². The van der Waals surface area contributed by atoms with Gasteiger partial charge in [-0.1, -0.05) is 18.2 Å². The van der Waals surface area contributed by atoms with Crippen molar-refractivity contribution < 1.29 is 14.3 Å². The van der Waals surface area contributed by atoms with Crippen LogP contribution >= 0.6 is 0 Å². The second kappa shape index (κ2) is 7.29. The monoisotopic (exact) mass is 304 g/mol. The molecule has 22 heavy (non-hydrogen) atoms. The van der Waals surface area contributed by atoms with Gasteiger partial charge >= 0.3 is 0 Å². The summed E-state index contributed by atoms with van der Waals surface area (Å²) in [7, 11) is 1.64. The summed E-state index contributed by atoms with van der Waals surface area (Å²) in [5.41, 5.74) is 1.07. The molecule has 1 aliphatic rings. The maximum atomic E-state index is 12.2. The van der Waals surface area contributed by atoms with Crippen LogP contribution in [0, 0.1) is 5.92 Å². The summed E-state index contributed by atoms with van der Waals surface area (Å²) in [6, 6.07) is 7.93. The molecule has 0 saturated carbocycles. The van der Waals surface area contributed by atoms with Gasteiger partial charge in [-0.05, 0) is 31.9 Å². The van der Waals surface area contributed by atoms with E-state index in [1.807, 2.05) is 38.1 Å². The summed E-state index contributed by atoms with van der Waals surface area (Å²) >= 11 is 0. The largest absolute Gasteiger partial charge is 0.496 e. The maximum absolute atomic E-state index is 12.2. The van der Waals surface area contributed by atoms with Crippen LogP contribution in [0.3, 0.4) is 0 Å². The SMILES string of the molecule is COc1ccccc1CCNC(=O)[C@@H]1CC(=O)N(C(C)C)C1. The Kier molecular flexibility index (Phi) is 5.41. The van der Waals surface area contributed by atoms with Gasteiger partial charge in [-0.3, -0.25) is 9.59 Å². The van der Waals surface area contributed by atoms with E-state index in [9.17, 15) is 9.59 Å². The summed E-state index contributed by atoms with van der Waals surface area (Å²) < 4.78 is 5.29. The summed E-state index contributed by atoms with van der Waals surface area (Å²) in [5, 5.41) is 2.93. The average molecular weight is 304 g/mol. The smallest absolute Gasteiger partial charge is 0.225 e. The second-order valence-corrected chi connectivity index (χ2v) is 5.89. The third-order valence-corrected chi connectivity index (χ3v) is 4.04. The molecule has 1 N–H and O–H groups in total. The van der Waals surface area contributed by atoms with Gasteiger partial charge in [0, 0.05) is 25.6 Å². The number of ether oxygens (including phenoxy) is 1. The lowest BCUT2D eigenvalue weighted by atomic mass is 10.1. The van der Waals surface area contributed by atoms with E-state index >= 15 is 0 Å². The molecule has 0 aliphatic carbocycles. The molecule has 2 rings (SSSR count). The molecule has 5 heteroatoms. The van der Waals surface area contributed by atoms with Crippen molar-refractivity contribution in [2.75, 3.05) is 20.2 Å². The average Bonchev–Trinajstić information content (AvgIpc) is 2.90. The number of carbonyl (C=O) groups excluding carboxylic acids is 2. The molecular weight excluding hydrogens is 280 g/mol. The van der Waals surface area contributed by atoms with E-state index in [0.29, 0.717) is 25.9 Å². The zero-order valence-corrected chi connectivity index (χ0v) is 13.5. The topological polar surface area (TPSA) is 58.6 Å².